The number of carbonyl (C=O) groups is 1. The van der Waals surface area contributed by atoms with Gasteiger partial charge in [0.05, 0.1) is 18.2 Å². The van der Waals surface area contributed by atoms with Gasteiger partial charge >= 0.3 is 0 Å². The molecule has 1 aliphatic heterocycles. The standard InChI is InChI=1S/C18H20N4O2/c19-8-13-16(11-9-21-22(10-11)12-4-1-2-5-12)17-14(23)6-3-7-15(17)24-18(13)20/h9-10,12,16H,1-7,20H2/t16-/m0/s1. The van der Waals surface area contributed by atoms with E-state index in [1.54, 1.807) is 6.20 Å². The molecule has 1 fully saturated rings. The molecule has 2 N–H and O–H groups in total. The minimum absolute atomic E-state index is 0.0510. The second-order valence-electron chi connectivity index (χ2n) is 6.73. The van der Waals surface area contributed by atoms with E-state index in [0.29, 0.717) is 35.8 Å². The van der Waals surface area contributed by atoms with E-state index in [1.165, 1.54) is 12.8 Å². The normalized spacial score (nSPS) is 24.8. The van der Waals surface area contributed by atoms with Gasteiger partial charge in [0.1, 0.15) is 17.4 Å². The van der Waals surface area contributed by atoms with E-state index < -0.39 is 5.92 Å². The molecular weight excluding hydrogens is 304 g/mol. The third kappa shape index (κ3) is 2.32. The zero-order valence-corrected chi connectivity index (χ0v) is 13.5. The highest BCUT2D eigenvalue weighted by Gasteiger charge is 2.38. The van der Waals surface area contributed by atoms with E-state index in [4.69, 9.17) is 10.5 Å². The van der Waals surface area contributed by atoms with Gasteiger partial charge in [0.2, 0.25) is 5.88 Å². The summed E-state index contributed by atoms with van der Waals surface area (Å²) in [5.41, 5.74) is 7.73. The Morgan fingerprint density at radius 2 is 2.08 bits per heavy atom. The molecule has 0 unspecified atom stereocenters. The van der Waals surface area contributed by atoms with Crippen LogP contribution in [0.25, 0.3) is 0 Å². The van der Waals surface area contributed by atoms with Crippen molar-refractivity contribution in [2.75, 3.05) is 0 Å². The fraction of sp³-hybridized carbons (Fsp3) is 0.500. The van der Waals surface area contributed by atoms with Crippen LogP contribution in [0.4, 0.5) is 0 Å². The van der Waals surface area contributed by atoms with Crippen molar-refractivity contribution in [1.29, 1.82) is 5.26 Å². The molecule has 0 radical (unpaired) electrons. The van der Waals surface area contributed by atoms with Gasteiger partial charge in [0.25, 0.3) is 0 Å². The predicted octanol–water partition coefficient (Wildman–Crippen LogP) is 2.81. The van der Waals surface area contributed by atoms with Crippen LogP contribution in [0.2, 0.25) is 0 Å². The van der Waals surface area contributed by atoms with Gasteiger partial charge < -0.3 is 10.5 Å². The molecule has 0 spiro atoms. The van der Waals surface area contributed by atoms with E-state index in [9.17, 15) is 10.1 Å². The Labute approximate surface area is 140 Å². The molecule has 0 aromatic carbocycles. The molecule has 2 heterocycles. The number of nitrogens with two attached hydrogens (primary N) is 1. The molecule has 1 aromatic rings. The molecule has 1 saturated carbocycles. The van der Waals surface area contributed by atoms with E-state index in [-0.39, 0.29) is 11.7 Å². The molecule has 3 aliphatic rings. The van der Waals surface area contributed by atoms with Gasteiger partial charge in [0.15, 0.2) is 5.78 Å². The summed E-state index contributed by atoms with van der Waals surface area (Å²) in [4.78, 5) is 12.5. The number of rotatable bonds is 2. The van der Waals surface area contributed by atoms with Crippen molar-refractivity contribution in [2.45, 2.75) is 56.9 Å². The summed E-state index contributed by atoms with van der Waals surface area (Å²) in [6.45, 7) is 0. The quantitative estimate of drug-likeness (QED) is 0.902. The van der Waals surface area contributed by atoms with Crippen LogP contribution in [0, 0.1) is 11.3 Å². The van der Waals surface area contributed by atoms with Crippen molar-refractivity contribution in [3.05, 3.63) is 40.7 Å². The summed E-state index contributed by atoms with van der Waals surface area (Å²) in [5.74, 6) is 0.350. The number of hydrogen-bond donors (Lipinski definition) is 1. The Bertz CT molecular complexity index is 790. The lowest BCUT2D eigenvalue weighted by Crippen LogP contribution is -2.27. The maximum Gasteiger partial charge on any atom is 0.205 e. The van der Waals surface area contributed by atoms with E-state index in [2.05, 4.69) is 11.2 Å². The summed E-state index contributed by atoms with van der Waals surface area (Å²) in [7, 11) is 0. The van der Waals surface area contributed by atoms with E-state index >= 15 is 0 Å². The fourth-order valence-corrected chi connectivity index (χ4v) is 4.06. The van der Waals surface area contributed by atoms with Crippen molar-refractivity contribution < 1.29 is 9.53 Å². The first-order valence-corrected chi connectivity index (χ1v) is 8.57. The number of aromatic nitrogens is 2. The summed E-state index contributed by atoms with van der Waals surface area (Å²) < 4.78 is 7.57. The molecule has 0 saturated heterocycles. The number of allylic oxidation sites excluding steroid dienone is 3. The first kappa shape index (κ1) is 15.0. The second-order valence-corrected chi connectivity index (χ2v) is 6.73. The highest BCUT2D eigenvalue weighted by molar-refractivity contribution is 5.99. The van der Waals surface area contributed by atoms with Crippen LogP contribution in [0.1, 0.15) is 62.5 Å². The van der Waals surface area contributed by atoms with Crippen LogP contribution in [0.3, 0.4) is 0 Å². The molecule has 2 aliphatic carbocycles. The van der Waals surface area contributed by atoms with Crippen LogP contribution in [-0.4, -0.2) is 15.6 Å². The van der Waals surface area contributed by atoms with Gasteiger partial charge in [-0.05, 0) is 19.3 Å². The zero-order chi connectivity index (χ0) is 16.7. The minimum atomic E-state index is -0.443. The van der Waals surface area contributed by atoms with Gasteiger partial charge in [-0.15, -0.1) is 0 Å². The van der Waals surface area contributed by atoms with Crippen LogP contribution in [-0.2, 0) is 9.53 Å². The average Bonchev–Trinajstić information content (AvgIpc) is 3.25. The summed E-state index contributed by atoms with van der Waals surface area (Å²) in [5, 5.41) is 14.1. The number of Topliss-reactive ketones (excluding diaryl/α,β-unsaturated/α-hetero) is 1. The summed E-state index contributed by atoms with van der Waals surface area (Å²) >= 11 is 0. The van der Waals surface area contributed by atoms with Crippen molar-refractivity contribution in [3.8, 4) is 6.07 Å². The zero-order valence-electron chi connectivity index (χ0n) is 13.5. The van der Waals surface area contributed by atoms with Gasteiger partial charge in [0, 0.05) is 30.2 Å². The van der Waals surface area contributed by atoms with Crippen molar-refractivity contribution >= 4 is 5.78 Å². The summed E-state index contributed by atoms with van der Waals surface area (Å²) in [6.07, 6.45) is 10.4. The van der Waals surface area contributed by atoms with Gasteiger partial charge in [-0.2, -0.15) is 10.4 Å². The first-order chi connectivity index (χ1) is 11.7. The lowest BCUT2D eigenvalue weighted by Gasteiger charge is -2.30. The molecule has 6 nitrogen and oxygen atoms in total. The second kappa shape index (κ2) is 5.82. The molecule has 0 bridgehead atoms. The van der Waals surface area contributed by atoms with Crippen molar-refractivity contribution in [1.82, 2.24) is 9.78 Å². The predicted molar refractivity (Wildman–Crippen MR) is 86.3 cm³/mol. The van der Waals surface area contributed by atoms with Crippen molar-refractivity contribution in [2.24, 2.45) is 5.73 Å². The maximum absolute atomic E-state index is 12.5. The smallest absolute Gasteiger partial charge is 0.205 e. The molecule has 4 rings (SSSR count). The number of ether oxygens (including phenoxy) is 1. The third-order valence-corrected chi connectivity index (χ3v) is 5.26. The lowest BCUT2D eigenvalue weighted by molar-refractivity contribution is -0.116. The fourth-order valence-electron chi connectivity index (χ4n) is 4.06. The highest BCUT2D eigenvalue weighted by atomic mass is 16.5. The maximum atomic E-state index is 12.5. The minimum Gasteiger partial charge on any atom is -0.444 e. The molecule has 1 atom stereocenters. The van der Waals surface area contributed by atoms with Crippen LogP contribution in [0.15, 0.2) is 35.2 Å². The topological polar surface area (TPSA) is 93.9 Å². The molecule has 6 heteroatoms. The van der Waals surface area contributed by atoms with Gasteiger partial charge in [-0.3, -0.25) is 9.48 Å². The molecule has 0 amide bonds. The molecule has 24 heavy (non-hydrogen) atoms. The number of hydrogen-bond acceptors (Lipinski definition) is 5. The van der Waals surface area contributed by atoms with Gasteiger partial charge in [-0.1, -0.05) is 12.8 Å². The number of carbonyl (C=O) groups excluding carboxylic acids is 1. The lowest BCUT2D eigenvalue weighted by atomic mass is 9.78. The number of ketones is 1. The summed E-state index contributed by atoms with van der Waals surface area (Å²) in [6, 6.07) is 2.56. The van der Waals surface area contributed by atoms with Gasteiger partial charge in [-0.25, -0.2) is 0 Å². The average molecular weight is 324 g/mol. The third-order valence-electron chi connectivity index (χ3n) is 5.26. The molecule has 124 valence electrons. The van der Waals surface area contributed by atoms with Crippen molar-refractivity contribution in [3.63, 3.8) is 0 Å². The Kier molecular flexibility index (Phi) is 3.64. The Balaban J connectivity index is 1.77. The Morgan fingerprint density at radius 1 is 1.29 bits per heavy atom. The Hall–Kier alpha value is -2.55. The van der Waals surface area contributed by atoms with Crippen LogP contribution < -0.4 is 5.73 Å². The SMILES string of the molecule is N#CC1=C(N)OC2=C(C(=O)CCC2)[C@H]1c1cnn(C2CCCC2)c1. The van der Waals surface area contributed by atoms with Crippen LogP contribution in [0.5, 0.6) is 0 Å². The van der Waals surface area contributed by atoms with Crippen LogP contribution >= 0.6 is 0 Å². The monoisotopic (exact) mass is 324 g/mol. The van der Waals surface area contributed by atoms with E-state index in [0.717, 1.165) is 24.8 Å². The number of nitriles is 1. The highest BCUT2D eigenvalue weighted by Crippen LogP contribution is 2.43. The Morgan fingerprint density at radius 3 is 2.83 bits per heavy atom. The first-order valence-electron chi connectivity index (χ1n) is 8.57. The molecular formula is C18H20N4O2. The number of nitrogens with zero attached hydrogens (tertiary/aromatic N) is 3. The molecule has 1 aromatic heterocycles. The van der Waals surface area contributed by atoms with E-state index in [1.807, 2.05) is 10.9 Å². The largest absolute Gasteiger partial charge is 0.444 e.